The molecule has 2 amide bonds. The molecule has 2 aromatic carbocycles. The van der Waals surface area contributed by atoms with Crippen LogP contribution in [0.15, 0.2) is 42.5 Å². The summed E-state index contributed by atoms with van der Waals surface area (Å²) < 4.78 is 15.9. The fraction of sp³-hybridized carbons (Fsp3) is 0.286. The Hall–Kier alpha value is -3.55. The lowest BCUT2D eigenvalue weighted by atomic mass is 10.0. The molecular weight excluding hydrogens is 376 g/mol. The molecule has 2 aromatic rings. The van der Waals surface area contributed by atoms with Gasteiger partial charge in [-0.25, -0.2) is 0 Å². The monoisotopic (exact) mass is 398 g/mol. The number of methoxy groups -OCH3 is 1. The molecule has 1 aliphatic heterocycles. The number of anilines is 1. The number of ether oxygens (including phenoxy) is 3. The van der Waals surface area contributed by atoms with Gasteiger partial charge in [-0.15, -0.1) is 0 Å². The first kappa shape index (κ1) is 20.2. The van der Waals surface area contributed by atoms with E-state index in [0.29, 0.717) is 35.9 Å². The number of benzene rings is 2. The van der Waals surface area contributed by atoms with Crippen molar-refractivity contribution in [3.63, 3.8) is 0 Å². The maximum Gasteiger partial charge on any atom is 0.262 e. The molecule has 0 saturated carbocycles. The lowest BCUT2D eigenvalue weighted by Gasteiger charge is -2.18. The topological polar surface area (TPSA) is 103 Å². The summed E-state index contributed by atoms with van der Waals surface area (Å²) in [6.45, 7) is 0.612. The van der Waals surface area contributed by atoms with Crippen LogP contribution in [-0.2, 0) is 9.59 Å². The van der Waals surface area contributed by atoms with E-state index in [1.54, 1.807) is 49.6 Å². The van der Waals surface area contributed by atoms with E-state index in [1.807, 2.05) is 0 Å². The van der Waals surface area contributed by atoms with E-state index in [-0.39, 0.29) is 37.0 Å². The second-order valence-electron chi connectivity index (χ2n) is 6.34. The van der Waals surface area contributed by atoms with Crippen molar-refractivity contribution in [3.05, 3.63) is 48.0 Å². The molecule has 0 radical (unpaired) electrons. The van der Waals surface area contributed by atoms with Crippen LogP contribution < -0.4 is 24.8 Å². The van der Waals surface area contributed by atoms with E-state index in [4.69, 9.17) is 14.2 Å². The van der Waals surface area contributed by atoms with Crippen LogP contribution >= 0.6 is 0 Å². The third kappa shape index (κ3) is 5.71. The van der Waals surface area contributed by atoms with Gasteiger partial charge in [-0.1, -0.05) is 0 Å². The zero-order valence-electron chi connectivity index (χ0n) is 16.0. The van der Waals surface area contributed by atoms with E-state index in [2.05, 4.69) is 10.6 Å². The molecule has 0 spiro atoms. The average molecular weight is 398 g/mol. The first-order chi connectivity index (χ1) is 14.0. The average Bonchev–Trinajstić information content (AvgIpc) is 2.74. The second-order valence-corrected chi connectivity index (χ2v) is 6.34. The van der Waals surface area contributed by atoms with Gasteiger partial charge in [0.1, 0.15) is 23.9 Å². The first-order valence-corrected chi connectivity index (χ1v) is 9.18. The summed E-state index contributed by atoms with van der Waals surface area (Å²) in [4.78, 5) is 35.6. The van der Waals surface area contributed by atoms with Crippen molar-refractivity contribution in [2.75, 3.05) is 32.2 Å². The van der Waals surface area contributed by atoms with E-state index < -0.39 is 0 Å². The largest absolute Gasteiger partial charge is 0.497 e. The van der Waals surface area contributed by atoms with E-state index in [0.717, 1.165) is 5.75 Å². The fourth-order valence-electron chi connectivity index (χ4n) is 2.75. The Labute approximate surface area is 168 Å². The van der Waals surface area contributed by atoms with Crippen LogP contribution in [-0.4, -0.2) is 44.5 Å². The van der Waals surface area contributed by atoms with Gasteiger partial charge < -0.3 is 24.8 Å². The predicted molar refractivity (Wildman–Crippen MR) is 106 cm³/mol. The summed E-state index contributed by atoms with van der Waals surface area (Å²) in [7, 11) is 1.59. The van der Waals surface area contributed by atoms with Crippen LogP contribution in [0, 0.1) is 0 Å². The summed E-state index contributed by atoms with van der Waals surface area (Å²) in [5, 5.41) is 5.38. The van der Waals surface area contributed by atoms with Crippen LogP contribution in [0.3, 0.4) is 0 Å². The van der Waals surface area contributed by atoms with Gasteiger partial charge in [-0.2, -0.15) is 0 Å². The van der Waals surface area contributed by atoms with E-state index in [1.165, 1.54) is 0 Å². The van der Waals surface area contributed by atoms with Crippen molar-refractivity contribution in [1.82, 2.24) is 5.32 Å². The molecule has 1 heterocycles. The number of nitrogens with one attached hydrogen (secondary N) is 2. The summed E-state index contributed by atoms with van der Waals surface area (Å²) in [6, 6.07) is 12.0. The van der Waals surface area contributed by atoms with Gasteiger partial charge in [-0.3, -0.25) is 14.4 Å². The Morgan fingerprint density at radius 3 is 2.62 bits per heavy atom. The number of ketones is 1. The number of amides is 2. The number of rotatable bonds is 9. The maximum atomic E-state index is 12.3. The summed E-state index contributed by atoms with van der Waals surface area (Å²) >= 11 is 0. The molecule has 0 bridgehead atoms. The van der Waals surface area contributed by atoms with Crippen molar-refractivity contribution >= 4 is 23.3 Å². The normalized spacial score (nSPS) is 12.2. The van der Waals surface area contributed by atoms with E-state index >= 15 is 0 Å². The number of fused-ring (bicyclic) bond motifs is 1. The summed E-state index contributed by atoms with van der Waals surface area (Å²) in [5.41, 5.74) is 0.887. The van der Waals surface area contributed by atoms with Crippen molar-refractivity contribution < 1.29 is 28.6 Å². The highest BCUT2D eigenvalue weighted by molar-refractivity contribution is 6.01. The van der Waals surface area contributed by atoms with E-state index in [9.17, 15) is 14.4 Å². The fourth-order valence-corrected chi connectivity index (χ4v) is 2.75. The van der Waals surface area contributed by atoms with Crippen molar-refractivity contribution in [1.29, 1.82) is 0 Å². The molecule has 0 atom stereocenters. The summed E-state index contributed by atoms with van der Waals surface area (Å²) in [6.07, 6.45) is 0.139. The Morgan fingerprint density at radius 1 is 1.10 bits per heavy atom. The molecule has 0 saturated heterocycles. The molecule has 0 aromatic heterocycles. The van der Waals surface area contributed by atoms with Crippen molar-refractivity contribution in [2.24, 2.45) is 0 Å². The number of Topliss-reactive ketones (excluding diaryl/α,β-unsaturated/α-hetero) is 1. The van der Waals surface area contributed by atoms with Gasteiger partial charge in [0.05, 0.1) is 19.3 Å². The van der Waals surface area contributed by atoms with Crippen LogP contribution in [0.4, 0.5) is 5.69 Å². The molecule has 8 heteroatoms. The van der Waals surface area contributed by atoms with Crippen molar-refractivity contribution in [2.45, 2.75) is 12.8 Å². The van der Waals surface area contributed by atoms with Gasteiger partial charge in [0, 0.05) is 18.4 Å². The highest BCUT2D eigenvalue weighted by atomic mass is 16.5. The van der Waals surface area contributed by atoms with Crippen LogP contribution in [0.2, 0.25) is 0 Å². The number of hydrogen-bond acceptors (Lipinski definition) is 6. The minimum absolute atomic E-state index is 0.0390. The smallest absolute Gasteiger partial charge is 0.262 e. The molecule has 0 fully saturated rings. The van der Waals surface area contributed by atoms with Crippen LogP contribution in [0.5, 0.6) is 17.2 Å². The number of hydrogen-bond donors (Lipinski definition) is 2. The van der Waals surface area contributed by atoms with Crippen LogP contribution in [0.1, 0.15) is 23.2 Å². The van der Waals surface area contributed by atoms with Gasteiger partial charge in [0.2, 0.25) is 5.91 Å². The van der Waals surface area contributed by atoms with Crippen molar-refractivity contribution in [3.8, 4) is 17.2 Å². The highest BCUT2D eigenvalue weighted by Gasteiger charge is 2.18. The molecule has 0 aliphatic carbocycles. The lowest BCUT2D eigenvalue weighted by molar-refractivity contribution is -0.121. The minimum Gasteiger partial charge on any atom is -0.497 e. The molecule has 152 valence electrons. The third-order valence-electron chi connectivity index (χ3n) is 4.27. The zero-order chi connectivity index (χ0) is 20.6. The standard InChI is InChI=1S/C21H22N2O6/c1-27-15-3-5-16(6-4-15)28-11-10-22-20(25)9-7-18(24)14-2-8-19-17(12-14)23-21(26)13-29-19/h2-6,8,12H,7,9-11,13H2,1H3,(H,22,25)(H,23,26). The van der Waals surface area contributed by atoms with Gasteiger partial charge in [0.15, 0.2) is 12.4 Å². The maximum absolute atomic E-state index is 12.3. The number of carbonyl (C=O) groups is 3. The Balaban J connectivity index is 1.38. The lowest BCUT2D eigenvalue weighted by Crippen LogP contribution is -2.28. The minimum atomic E-state index is -0.265. The molecule has 0 unspecified atom stereocenters. The predicted octanol–water partition coefficient (Wildman–Crippen LogP) is 2.18. The molecule has 8 nitrogen and oxygen atoms in total. The molecular formula is C21H22N2O6. The molecule has 29 heavy (non-hydrogen) atoms. The highest BCUT2D eigenvalue weighted by Crippen LogP contribution is 2.28. The van der Waals surface area contributed by atoms with Crippen LogP contribution in [0.25, 0.3) is 0 Å². The molecule has 3 rings (SSSR count). The zero-order valence-corrected chi connectivity index (χ0v) is 16.0. The van der Waals surface area contributed by atoms with Gasteiger partial charge in [-0.05, 0) is 42.5 Å². The van der Waals surface area contributed by atoms with Gasteiger partial charge in [0.25, 0.3) is 5.91 Å². The first-order valence-electron chi connectivity index (χ1n) is 9.18. The molecule has 1 aliphatic rings. The molecule has 2 N–H and O–H groups in total. The Morgan fingerprint density at radius 2 is 1.86 bits per heavy atom. The summed E-state index contributed by atoms with van der Waals surface area (Å²) in [5.74, 6) is 1.26. The Bertz CT molecular complexity index is 895. The number of carbonyl (C=O) groups excluding carboxylic acids is 3. The van der Waals surface area contributed by atoms with Gasteiger partial charge >= 0.3 is 0 Å². The second kappa shape index (κ2) is 9.59. The SMILES string of the molecule is COc1ccc(OCCNC(=O)CCC(=O)c2ccc3c(c2)NC(=O)CO3)cc1. The Kier molecular flexibility index (Phi) is 6.67. The quantitative estimate of drug-likeness (QED) is 0.496. The third-order valence-corrected chi connectivity index (χ3v) is 4.27.